The molecule has 0 radical (unpaired) electrons. The van der Waals surface area contributed by atoms with Crippen molar-refractivity contribution in [3.8, 4) is 11.4 Å². The quantitative estimate of drug-likeness (QED) is 0.451. The molecule has 2 heterocycles. The van der Waals surface area contributed by atoms with Crippen molar-refractivity contribution < 1.29 is 4.39 Å². The molecule has 6 heteroatoms. The van der Waals surface area contributed by atoms with Crippen molar-refractivity contribution >= 4 is 33.2 Å². The van der Waals surface area contributed by atoms with Crippen molar-refractivity contribution in [1.82, 2.24) is 9.55 Å². The Bertz CT molecular complexity index is 1210. The summed E-state index contributed by atoms with van der Waals surface area (Å²) in [6.45, 7) is 4.16. The van der Waals surface area contributed by atoms with Gasteiger partial charge in [-0.05, 0) is 61.4 Å². The minimum atomic E-state index is -0.329. The van der Waals surface area contributed by atoms with Gasteiger partial charge in [0.1, 0.15) is 16.5 Å². The standard InChI is InChI=1S/C21H16ClFN2OS/c1-12-13(2)27-20-18(12)21(26)25(11-14-4-3-5-17(23)10-14)19(24-20)15-6-8-16(22)9-7-15/h3-10H,11H2,1-2H3. The topological polar surface area (TPSA) is 34.9 Å². The zero-order chi connectivity index (χ0) is 19.1. The summed E-state index contributed by atoms with van der Waals surface area (Å²) in [6.07, 6.45) is 0. The van der Waals surface area contributed by atoms with E-state index in [4.69, 9.17) is 16.6 Å². The monoisotopic (exact) mass is 398 g/mol. The lowest BCUT2D eigenvalue weighted by molar-refractivity contribution is 0.623. The van der Waals surface area contributed by atoms with E-state index in [2.05, 4.69) is 0 Å². The van der Waals surface area contributed by atoms with E-state index in [1.165, 1.54) is 23.5 Å². The van der Waals surface area contributed by atoms with E-state index < -0.39 is 0 Å². The van der Waals surface area contributed by atoms with Crippen LogP contribution >= 0.6 is 22.9 Å². The number of rotatable bonds is 3. The predicted molar refractivity (Wildman–Crippen MR) is 109 cm³/mol. The molecule has 0 saturated heterocycles. The summed E-state index contributed by atoms with van der Waals surface area (Å²) in [5.74, 6) is 0.222. The highest BCUT2D eigenvalue weighted by molar-refractivity contribution is 7.18. The van der Waals surface area contributed by atoms with Gasteiger partial charge in [-0.1, -0.05) is 23.7 Å². The third-order valence-electron chi connectivity index (χ3n) is 4.62. The van der Waals surface area contributed by atoms with E-state index in [9.17, 15) is 9.18 Å². The Morgan fingerprint density at radius 3 is 2.59 bits per heavy atom. The minimum Gasteiger partial charge on any atom is -0.288 e. The highest BCUT2D eigenvalue weighted by Gasteiger charge is 2.18. The summed E-state index contributed by atoms with van der Waals surface area (Å²) < 4.78 is 15.3. The van der Waals surface area contributed by atoms with Gasteiger partial charge >= 0.3 is 0 Å². The van der Waals surface area contributed by atoms with Gasteiger partial charge in [0.05, 0.1) is 11.9 Å². The van der Waals surface area contributed by atoms with Gasteiger partial charge in [-0.2, -0.15) is 0 Å². The lowest BCUT2D eigenvalue weighted by Gasteiger charge is -2.13. The maximum absolute atomic E-state index is 13.6. The van der Waals surface area contributed by atoms with Gasteiger partial charge in [0.25, 0.3) is 5.56 Å². The highest BCUT2D eigenvalue weighted by Crippen LogP contribution is 2.29. The summed E-state index contributed by atoms with van der Waals surface area (Å²) in [5.41, 5.74) is 2.33. The van der Waals surface area contributed by atoms with Gasteiger partial charge in [-0.25, -0.2) is 9.37 Å². The van der Waals surface area contributed by atoms with Crippen molar-refractivity contribution in [1.29, 1.82) is 0 Å². The second-order valence-corrected chi connectivity index (χ2v) is 8.07. The first-order valence-corrected chi connectivity index (χ1v) is 9.64. The summed E-state index contributed by atoms with van der Waals surface area (Å²) >= 11 is 7.52. The molecule has 4 rings (SSSR count). The van der Waals surface area contributed by atoms with Crippen LogP contribution in [0.4, 0.5) is 4.39 Å². The van der Waals surface area contributed by atoms with Gasteiger partial charge < -0.3 is 0 Å². The molecule has 0 aliphatic carbocycles. The lowest BCUT2D eigenvalue weighted by atomic mass is 10.1. The Morgan fingerprint density at radius 2 is 1.89 bits per heavy atom. The lowest BCUT2D eigenvalue weighted by Crippen LogP contribution is -2.24. The average molecular weight is 399 g/mol. The molecule has 136 valence electrons. The Balaban J connectivity index is 1.99. The Labute approximate surface area is 164 Å². The van der Waals surface area contributed by atoms with Crippen LogP contribution in [0.15, 0.2) is 53.3 Å². The molecule has 0 spiro atoms. The van der Waals surface area contributed by atoms with Crippen LogP contribution in [0.2, 0.25) is 5.02 Å². The van der Waals surface area contributed by atoms with E-state index in [-0.39, 0.29) is 17.9 Å². The molecule has 0 N–H and O–H groups in total. The van der Waals surface area contributed by atoms with E-state index in [1.807, 2.05) is 26.0 Å². The molecular weight excluding hydrogens is 383 g/mol. The largest absolute Gasteiger partial charge is 0.288 e. The Hall–Kier alpha value is -2.50. The number of fused-ring (bicyclic) bond motifs is 1. The predicted octanol–water partition coefficient (Wildman–Crippen LogP) is 5.58. The molecule has 3 nitrogen and oxygen atoms in total. The highest BCUT2D eigenvalue weighted by atomic mass is 35.5. The smallest absolute Gasteiger partial charge is 0.263 e. The molecule has 0 unspecified atom stereocenters. The fraction of sp³-hybridized carbons (Fsp3) is 0.143. The zero-order valence-electron chi connectivity index (χ0n) is 14.8. The molecule has 4 aromatic rings. The fourth-order valence-corrected chi connectivity index (χ4v) is 4.26. The average Bonchev–Trinajstić information content (AvgIpc) is 2.92. The molecule has 0 saturated carbocycles. The van der Waals surface area contributed by atoms with E-state index in [0.717, 1.165) is 20.8 Å². The fourth-order valence-electron chi connectivity index (χ4n) is 3.11. The third kappa shape index (κ3) is 3.29. The molecule has 2 aromatic carbocycles. The molecule has 2 aromatic heterocycles. The number of thiophene rings is 1. The number of halogens is 2. The number of hydrogen-bond donors (Lipinski definition) is 0. The number of hydrogen-bond acceptors (Lipinski definition) is 3. The van der Waals surface area contributed by atoms with Crippen LogP contribution in [0, 0.1) is 19.7 Å². The van der Waals surface area contributed by atoms with Gasteiger partial charge in [-0.15, -0.1) is 11.3 Å². The number of benzene rings is 2. The zero-order valence-corrected chi connectivity index (χ0v) is 16.4. The summed E-state index contributed by atoms with van der Waals surface area (Å²) in [4.78, 5) is 19.9. The third-order valence-corrected chi connectivity index (χ3v) is 5.97. The van der Waals surface area contributed by atoms with Crippen molar-refractivity contribution in [2.24, 2.45) is 0 Å². The van der Waals surface area contributed by atoms with Gasteiger partial charge in [-0.3, -0.25) is 9.36 Å². The molecular formula is C21H16ClFN2OS. The summed E-state index contributed by atoms with van der Waals surface area (Å²) in [6, 6.07) is 13.5. The van der Waals surface area contributed by atoms with Crippen LogP contribution in [-0.4, -0.2) is 9.55 Å². The summed E-state index contributed by atoms with van der Waals surface area (Å²) in [7, 11) is 0. The first kappa shape index (κ1) is 17.9. The molecule has 0 fully saturated rings. The Kier molecular flexibility index (Phi) is 4.58. The molecule has 27 heavy (non-hydrogen) atoms. The van der Waals surface area contributed by atoms with E-state index >= 15 is 0 Å². The minimum absolute atomic E-state index is 0.115. The van der Waals surface area contributed by atoms with Crippen LogP contribution in [0.1, 0.15) is 16.0 Å². The summed E-state index contributed by atoms with van der Waals surface area (Å²) in [5, 5.41) is 1.24. The second kappa shape index (κ2) is 6.91. The normalized spacial score (nSPS) is 11.3. The van der Waals surface area contributed by atoms with Crippen molar-refractivity contribution in [3.63, 3.8) is 0 Å². The van der Waals surface area contributed by atoms with Gasteiger partial charge in [0.2, 0.25) is 0 Å². The SMILES string of the molecule is Cc1sc2nc(-c3ccc(Cl)cc3)n(Cc3cccc(F)c3)c(=O)c2c1C. The number of nitrogens with zero attached hydrogens (tertiary/aromatic N) is 2. The van der Waals surface area contributed by atoms with Crippen LogP contribution in [0.5, 0.6) is 0 Å². The van der Waals surface area contributed by atoms with Crippen molar-refractivity contribution in [3.05, 3.63) is 85.7 Å². The van der Waals surface area contributed by atoms with E-state index in [1.54, 1.807) is 28.8 Å². The van der Waals surface area contributed by atoms with Crippen LogP contribution < -0.4 is 5.56 Å². The molecule has 0 aliphatic heterocycles. The Morgan fingerprint density at radius 1 is 1.15 bits per heavy atom. The molecule has 0 aliphatic rings. The maximum atomic E-state index is 13.6. The first-order chi connectivity index (χ1) is 12.9. The van der Waals surface area contributed by atoms with Crippen LogP contribution in [0.25, 0.3) is 21.6 Å². The van der Waals surface area contributed by atoms with Crippen LogP contribution in [-0.2, 0) is 6.54 Å². The van der Waals surface area contributed by atoms with Crippen molar-refractivity contribution in [2.75, 3.05) is 0 Å². The van der Waals surface area contributed by atoms with E-state index in [0.29, 0.717) is 21.8 Å². The van der Waals surface area contributed by atoms with Crippen LogP contribution in [0.3, 0.4) is 0 Å². The van der Waals surface area contributed by atoms with Gasteiger partial charge in [0.15, 0.2) is 0 Å². The first-order valence-electron chi connectivity index (χ1n) is 8.45. The second-order valence-electron chi connectivity index (χ2n) is 6.43. The van der Waals surface area contributed by atoms with Crippen molar-refractivity contribution in [2.45, 2.75) is 20.4 Å². The number of aromatic nitrogens is 2. The molecule has 0 bridgehead atoms. The molecule has 0 atom stereocenters. The number of aryl methyl sites for hydroxylation is 2. The molecule has 0 amide bonds. The van der Waals surface area contributed by atoms with Gasteiger partial charge in [0, 0.05) is 15.5 Å². The maximum Gasteiger partial charge on any atom is 0.263 e.